The van der Waals surface area contributed by atoms with Crippen molar-refractivity contribution in [1.82, 2.24) is 5.32 Å². The van der Waals surface area contributed by atoms with E-state index in [0.29, 0.717) is 0 Å². The summed E-state index contributed by atoms with van der Waals surface area (Å²) in [6.07, 6.45) is 5.41. The molecule has 0 heterocycles. The predicted molar refractivity (Wildman–Crippen MR) is 68.6 cm³/mol. The van der Waals surface area contributed by atoms with E-state index in [4.69, 9.17) is 6.42 Å². The summed E-state index contributed by atoms with van der Waals surface area (Å²) in [4.78, 5) is 0. The predicted octanol–water partition coefficient (Wildman–Crippen LogP) is 3.26. The summed E-state index contributed by atoms with van der Waals surface area (Å²) in [5, 5.41) is 3.32. The molecule has 15 heavy (non-hydrogen) atoms. The fourth-order valence-corrected chi connectivity index (χ4v) is 1.80. The van der Waals surface area contributed by atoms with Gasteiger partial charge in [0.1, 0.15) is 0 Å². The van der Waals surface area contributed by atoms with Crippen LogP contribution < -0.4 is 5.32 Å². The summed E-state index contributed by atoms with van der Waals surface area (Å²) in [5.41, 5.74) is 2.22. The summed E-state index contributed by atoms with van der Waals surface area (Å²) < 4.78 is 1.13. The molecule has 0 unspecified atom stereocenters. The first-order valence-electron chi connectivity index (χ1n) is 4.92. The van der Waals surface area contributed by atoms with Gasteiger partial charge in [-0.25, -0.2) is 0 Å². The van der Waals surface area contributed by atoms with Gasteiger partial charge in [-0.05, 0) is 38.0 Å². The van der Waals surface area contributed by atoms with E-state index in [1.54, 1.807) is 0 Å². The molecule has 0 saturated heterocycles. The van der Waals surface area contributed by atoms with Crippen LogP contribution in [0.15, 0.2) is 22.7 Å². The number of rotatable bonds is 3. The van der Waals surface area contributed by atoms with Crippen LogP contribution in [-0.4, -0.2) is 5.54 Å². The Bertz CT molecular complexity index is 388. The van der Waals surface area contributed by atoms with Crippen molar-refractivity contribution in [1.29, 1.82) is 0 Å². The van der Waals surface area contributed by atoms with Crippen LogP contribution in [0, 0.1) is 19.3 Å². The largest absolute Gasteiger partial charge is 0.297 e. The Morgan fingerprint density at radius 1 is 1.47 bits per heavy atom. The maximum absolute atomic E-state index is 5.41. The zero-order valence-electron chi connectivity index (χ0n) is 9.39. The molecule has 1 nitrogen and oxygen atoms in total. The second-order valence-electron chi connectivity index (χ2n) is 4.22. The normalized spacial score (nSPS) is 11.1. The molecule has 0 bridgehead atoms. The number of halogens is 1. The Morgan fingerprint density at radius 2 is 2.13 bits per heavy atom. The Labute approximate surface area is 100 Å². The summed E-state index contributed by atoms with van der Waals surface area (Å²) in [7, 11) is 0. The molecule has 0 spiro atoms. The SMILES string of the molecule is C#CC(C)(C)NCc1ccc(C)cc1Br. The van der Waals surface area contributed by atoms with Crippen LogP contribution in [0.3, 0.4) is 0 Å². The third-order valence-corrected chi connectivity index (χ3v) is 3.03. The molecule has 0 aliphatic rings. The van der Waals surface area contributed by atoms with E-state index in [9.17, 15) is 0 Å². The Morgan fingerprint density at radius 3 is 2.67 bits per heavy atom. The van der Waals surface area contributed by atoms with Crippen molar-refractivity contribution in [2.45, 2.75) is 32.9 Å². The van der Waals surface area contributed by atoms with Gasteiger partial charge in [0, 0.05) is 11.0 Å². The van der Waals surface area contributed by atoms with Crippen LogP contribution in [-0.2, 0) is 6.54 Å². The molecule has 1 rings (SSSR count). The quantitative estimate of drug-likeness (QED) is 0.828. The zero-order chi connectivity index (χ0) is 11.5. The van der Waals surface area contributed by atoms with E-state index in [1.807, 2.05) is 13.8 Å². The fourth-order valence-electron chi connectivity index (χ4n) is 1.16. The summed E-state index contributed by atoms with van der Waals surface area (Å²) in [5.74, 6) is 2.72. The second-order valence-corrected chi connectivity index (χ2v) is 5.07. The lowest BCUT2D eigenvalue weighted by atomic mass is 10.1. The van der Waals surface area contributed by atoms with E-state index >= 15 is 0 Å². The molecule has 0 fully saturated rings. The lowest BCUT2D eigenvalue weighted by Gasteiger charge is -2.20. The molecule has 2 heteroatoms. The van der Waals surface area contributed by atoms with Gasteiger partial charge in [0.2, 0.25) is 0 Å². The van der Waals surface area contributed by atoms with E-state index < -0.39 is 0 Å². The molecule has 0 atom stereocenters. The van der Waals surface area contributed by atoms with Gasteiger partial charge in [0.25, 0.3) is 0 Å². The smallest absolute Gasteiger partial charge is 0.0743 e. The minimum absolute atomic E-state index is 0.260. The molecule has 0 aliphatic heterocycles. The maximum atomic E-state index is 5.41. The molecular formula is C13H16BrN. The lowest BCUT2D eigenvalue weighted by molar-refractivity contribution is 0.490. The van der Waals surface area contributed by atoms with Gasteiger partial charge in [-0.2, -0.15) is 0 Å². The van der Waals surface area contributed by atoms with Gasteiger partial charge in [0.05, 0.1) is 5.54 Å². The van der Waals surface area contributed by atoms with Gasteiger partial charge in [-0.1, -0.05) is 34.0 Å². The van der Waals surface area contributed by atoms with Crippen molar-refractivity contribution >= 4 is 15.9 Å². The average Bonchev–Trinajstić information content (AvgIpc) is 2.16. The van der Waals surface area contributed by atoms with Crippen LogP contribution >= 0.6 is 15.9 Å². The highest BCUT2D eigenvalue weighted by molar-refractivity contribution is 9.10. The number of hydrogen-bond acceptors (Lipinski definition) is 1. The highest BCUT2D eigenvalue weighted by Crippen LogP contribution is 2.18. The topological polar surface area (TPSA) is 12.0 Å². The van der Waals surface area contributed by atoms with Crippen molar-refractivity contribution in [2.75, 3.05) is 0 Å². The third kappa shape index (κ3) is 3.70. The van der Waals surface area contributed by atoms with Crippen molar-refractivity contribution in [3.63, 3.8) is 0 Å². The first kappa shape index (κ1) is 12.3. The minimum Gasteiger partial charge on any atom is -0.297 e. The molecule has 1 aromatic rings. The van der Waals surface area contributed by atoms with Crippen molar-refractivity contribution in [2.24, 2.45) is 0 Å². The fraction of sp³-hybridized carbons (Fsp3) is 0.385. The van der Waals surface area contributed by atoms with Crippen LogP contribution in [0.5, 0.6) is 0 Å². The summed E-state index contributed by atoms with van der Waals surface area (Å²) >= 11 is 3.55. The second kappa shape index (κ2) is 4.83. The number of hydrogen-bond donors (Lipinski definition) is 1. The highest BCUT2D eigenvalue weighted by Gasteiger charge is 2.12. The molecule has 0 aliphatic carbocycles. The molecule has 0 radical (unpaired) electrons. The Kier molecular flexibility index (Phi) is 3.96. The van der Waals surface area contributed by atoms with Crippen molar-refractivity contribution in [3.8, 4) is 12.3 Å². The molecule has 0 saturated carbocycles. The van der Waals surface area contributed by atoms with E-state index in [2.05, 4.69) is 52.3 Å². The average molecular weight is 266 g/mol. The van der Waals surface area contributed by atoms with E-state index in [-0.39, 0.29) is 5.54 Å². The number of terminal acetylenes is 1. The third-order valence-electron chi connectivity index (χ3n) is 2.29. The van der Waals surface area contributed by atoms with Crippen LogP contribution in [0.25, 0.3) is 0 Å². The number of nitrogens with one attached hydrogen (secondary N) is 1. The van der Waals surface area contributed by atoms with E-state index in [0.717, 1.165) is 11.0 Å². The number of aryl methyl sites for hydroxylation is 1. The van der Waals surface area contributed by atoms with Gasteiger partial charge in [0.15, 0.2) is 0 Å². The maximum Gasteiger partial charge on any atom is 0.0743 e. The van der Waals surface area contributed by atoms with E-state index in [1.165, 1.54) is 11.1 Å². The molecule has 80 valence electrons. The highest BCUT2D eigenvalue weighted by atomic mass is 79.9. The first-order valence-corrected chi connectivity index (χ1v) is 5.72. The summed E-state index contributed by atoms with van der Waals surface area (Å²) in [6.45, 7) is 6.84. The van der Waals surface area contributed by atoms with Gasteiger partial charge in [-0.3, -0.25) is 5.32 Å². The molecule has 0 aromatic heterocycles. The van der Waals surface area contributed by atoms with Crippen molar-refractivity contribution < 1.29 is 0 Å². The van der Waals surface area contributed by atoms with Crippen LogP contribution in [0.2, 0.25) is 0 Å². The van der Waals surface area contributed by atoms with Crippen LogP contribution in [0.1, 0.15) is 25.0 Å². The molecule has 0 amide bonds. The minimum atomic E-state index is -0.260. The Hall–Kier alpha value is -0.780. The number of benzene rings is 1. The molecule has 1 N–H and O–H groups in total. The van der Waals surface area contributed by atoms with Gasteiger partial charge < -0.3 is 0 Å². The Balaban J connectivity index is 2.71. The summed E-state index contributed by atoms with van der Waals surface area (Å²) in [6, 6.07) is 6.32. The van der Waals surface area contributed by atoms with Gasteiger partial charge >= 0.3 is 0 Å². The standard InChI is InChI=1S/C13H16BrN/c1-5-13(3,4)15-9-11-7-6-10(2)8-12(11)14/h1,6-8,15H,9H2,2-4H3. The monoisotopic (exact) mass is 265 g/mol. The zero-order valence-corrected chi connectivity index (χ0v) is 11.0. The van der Waals surface area contributed by atoms with Gasteiger partial charge in [-0.15, -0.1) is 6.42 Å². The van der Waals surface area contributed by atoms with Crippen LogP contribution in [0.4, 0.5) is 0 Å². The van der Waals surface area contributed by atoms with Crippen molar-refractivity contribution in [3.05, 3.63) is 33.8 Å². The molecule has 1 aromatic carbocycles. The first-order chi connectivity index (χ1) is 6.94. The lowest BCUT2D eigenvalue weighted by Crippen LogP contribution is -2.36. The molecular weight excluding hydrogens is 250 g/mol.